The van der Waals surface area contributed by atoms with Crippen molar-refractivity contribution in [3.05, 3.63) is 35.4 Å². The summed E-state index contributed by atoms with van der Waals surface area (Å²) in [6, 6.07) is 6.20. The van der Waals surface area contributed by atoms with Crippen molar-refractivity contribution in [2.45, 2.75) is 37.6 Å². The SMILES string of the molecule is O=C=NC1(c2cccc(C(F)F)c2)CCCC1. The van der Waals surface area contributed by atoms with Gasteiger partial charge in [0, 0.05) is 5.56 Å². The molecule has 0 heterocycles. The summed E-state index contributed by atoms with van der Waals surface area (Å²) in [5, 5.41) is 0. The van der Waals surface area contributed by atoms with E-state index in [2.05, 4.69) is 4.99 Å². The van der Waals surface area contributed by atoms with Gasteiger partial charge in [-0.1, -0.05) is 31.0 Å². The zero-order valence-corrected chi connectivity index (χ0v) is 9.33. The molecule has 0 unspecified atom stereocenters. The van der Waals surface area contributed by atoms with Crippen LogP contribution in [0.25, 0.3) is 0 Å². The number of aliphatic imine (C=N–C) groups is 1. The molecule has 90 valence electrons. The van der Waals surface area contributed by atoms with Crippen LogP contribution >= 0.6 is 0 Å². The van der Waals surface area contributed by atoms with Crippen LogP contribution in [0.3, 0.4) is 0 Å². The lowest BCUT2D eigenvalue weighted by Gasteiger charge is -2.23. The molecule has 4 heteroatoms. The maximum Gasteiger partial charge on any atom is 0.263 e. The molecule has 1 aliphatic carbocycles. The molecule has 1 aliphatic rings. The van der Waals surface area contributed by atoms with Gasteiger partial charge >= 0.3 is 0 Å². The first kappa shape index (κ1) is 11.9. The Labute approximate surface area is 98.4 Å². The van der Waals surface area contributed by atoms with E-state index in [0.717, 1.165) is 25.7 Å². The molecule has 1 aromatic rings. The van der Waals surface area contributed by atoms with E-state index < -0.39 is 12.0 Å². The van der Waals surface area contributed by atoms with Crippen LogP contribution < -0.4 is 0 Å². The van der Waals surface area contributed by atoms with Gasteiger partial charge in [-0.3, -0.25) is 0 Å². The highest BCUT2D eigenvalue weighted by molar-refractivity contribution is 5.40. The van der Waals surface area contributed by atoms with Gasteiger partial charge < -0.3 is 0 Å². The molecule has 0 atom stereocenters. The highest BCUT2D eigenvalue weighted by Gasteiger charge is 2.35. The van der Waals surface area contributed by atoms with E-state index in [4.69, 9.17) is 0 Å². The number of benzene rings is 1. The number of carbonyl (C=O) groups excluding carboxylic acids is 1. The average Bonchev–Trinajstić information content (AvgIpc) is 2.80. The fourth-order valence-corrected chi connectivity index (χ4v) is 2.48. The molecular formula is C13H13F2NO. The zero-order chi connectivity index (χ0) is 12.3. The standard InChI is InChI=1S/C13H13F2NO/c14-12(15)10-4-3-5-11(8-10)13(16-9-17)6-1-2-7-13/h3-5,8,12H,1-2,6-7H2. The van der Waals surface area contributed by atoms with Gasteiger partial charge in [0.2, 0.25) is 6.08 Å². The summed E-state index contributed by atoms with van der Waals surface area (Å²) in [6.45, 7) is 0. The van der Waals surface area contributed by atoms with Crippen LogP contribution in [0.1, 0.15) is 43.2 Å². The summed E-state index contributed by atoms with van der Waals surface area (Å²) in [6.07, 6.45) is 2.48. The smallest absolute Gasteiger partial charge is 0.211 e. The number of nitrogens with zero attached hydrogens (tertiary/aromatic N) is 1. The number of alkyl halides is 2. The van der Waals surface area contributed by atoms with Crippen LogP contribution in [0.2, 0.25) is 0 Å². The van der Waals surface area contributed by atoms with E-state index in [1.807, 2.05) is 0 Å². The summed E-state index contributed by atoms with van der Waals surface area (Å²) in [7, 11) is 0. The molecule has 0 bridgehead atoms. The van der Waals surface area contributed by atoms with Crippen LogP contribution in [0.15, 0.2) is 29.3 Å². The Hall–Kier alpha value is -1.54. The second-order valence-corrected chi connectivity index (χ2v) is 4.37. The molecule has 0 aliphatic heterocycles. The van der Waals surface area contributed by atoms with E-state index in [-0.39, 0.29) is 5.56 Å². The monoisotopic (exact) mass is 237 g/mol. The van der Waals surface area contributed by atoms with Gasteiger partial charge in [-0.2, -0.15) is 4.99 Å². The van der Waals surface area contributed by atoms with Gasteiger partial charge in [-0.05, 0) is 24.5 Å². The molecule has 2 rings (SSSR count). The Kier molecular flexibility index (Phi) is 3.34. The van der Waals surface area contributed by atoms with Crippen LogP contribution in [0.4, 0.5) is 8.78 Å². The Morgan fingerprint density at radius 1 is 1.29 bits per heavy atom. The van der Waals surface area contributed by atoms with E-state index >= 15 is 0 Å². The maximum atomic E-state index is 12.6. The minimum atomic E-state index is -2.49. The number of hydrogen-bond donors (Lipinski definition) is 0. The minimum absolute atomic E-state index is 0.0186. The second-order valence-electron chi connectivity index (χ2n) is 4.37. The Balaban J connectivity index is 2.43. The van der Waals surface area contributed by atoms with Crippen molar-refractivity contribution in [3.63, 3.8) is 0 Å². The molecule has 17 heavy (non-hydrogen) atoms. The Morgan fingerprint density at radius 2 is 2.00 bits per heavy atom. The second kappa shape index (κ2) is 4.76. The van der Waals surface area contributed by atoms with Gasteiger partial charge in [-0.15, -0.1) is 0 Å². The zero-order valence-electron chi connectivity index (χ0n) is 9.33. The normalized spacial score (nSPS) is 18.1. The third kappa shape index (κ3) is 2.27. The Bertz CT molecular complexity index is 446. The molecule has 2 nitrogen and oxygen atoms in total. The third-order valence-electron chi connectivity index (χ3n) is 3.37. The van der Waals surface area contributed by atoms with Crippen molar-refractivity contribution in [1.82, 2.24) is 0 Å². The van der Waals surface area contributed by atoms with E-state index in [0.29, 0.717) is 5.56 Å². The third-order valence-corrected chi connectivity index (χ3v) is 3.37. The maximum absolute atomic E-state index is 12.6. The molecule has 0 saturated heterocycles. The number of halogens is 2. The minimum Gasteiger partial charge on any atom is -0.211 e. The summed E-state index contributed by atoms with van der Waals surface area (Å²) >= 11 is 0. The predicted octanol–water partition coefficient (Wildman–Crippen LogP) is 3.73. The summed E-state index contributed by atoms with van der Waals surface area (Å²) < 4.78 is 25.3. The molecular weight excluding hydrogens is 224 g/mol. The molecule has 1 saturated carbocycles. The first-order valence-corrected chi connectivity index (χ1v) is 5.65. The van der Waals surface area contributed by atoms with Gasteiger partial charge in [0.15, 0.2) is 0 Å². The van der Waals surface area contributed by atoms with Gasteiger partial charge in [0.25, 0.3) is 6.43 Å². The molecule has 0 radical (unpaired) electrons. The molecule has 0 spiro atoms. The highest BCUT2D eigenvalue weighted by Crippen LogP contribution is 2.42. The molecule has 0 amide bonds. The van der Waals surface area contributed by atoms with Gasteiger partial charge in [0.1, 0.15) is 0 Å². The van der Waals surface area contributed by atoms with Crippen molar-refractivity contribution in [1.29, 1.82) is 0 Å². The number of rotatable bonds is 3. The fraction of sp³-hybridized carbons (Fsp3) is 0.462. The van der Waals surface area contributed by atoms with Crippen molar-refractivity contribution >= 4 is 6.08 Å². The summed E-state index contributed by atoms with van der Waals surface area (Å²) in [5.74, 6) is 0. The lowest BCUT2D eigenvalue weighted by Crippen LogP contribution is -2.19. The van der Waals surface area contributed by atoms with Gasteiger partial charge in [-0.25, -0.2) is 13.6 Å². The molecule has 1 aromatic carbocycles. The lowest BCUT2D eigenvalue weighted by atomic mass is 9.88. The van der Waals surface area contributed by atoms with Crippen LogP contribution in [-0.4, -0.2) is 6.08 Å². The molecule has 0 aromatic heterocycles. The van der Waals surface area contributed by atoms with Crippen molar-refractivity contribution < 1.29 is 13.6 Å². The van der Waals surface area contributed by atoms with Crippen LogP contribution in [-0.2, 0) is 10.3 Å². The van der Waals surface area contributed by atoms with Crippen LogP contribution in [0, 0.1) is 0 Å². The summed E-state index contributed by atoms with van der Waals surface area (Å²) in [4.78, 5) is 14.4. The van der Waals surface area contributed by atoms with Crippen molar-refractivity contribution in [2.75, 3.05) is 0 Å². The van der Waals surface area contributed by atoms with E-state index in [1.54, 1.807) is 18.2 Å². The predicted molar refractivity (Wildman–Crippen MR) is 59.7 cm³/mol. The fourth-order valence-electron chi connectivity index (χ4n) is 2.48. The van der Waals surface area contributed by atoms with Crippen molar-refractivity contribution in [3.8, 4) is 0 Å². The molecule has 1 fully saturated rings. The quantitative estimate of drug-likeness (QED) is 0.581. The largest absolute Gasteiger partial charge is 0.263 e. The Morgan fingerprint density at radius 3 is 2.59 bits per heavy atom. The van der Waals surface area contributed by atoms with E-state index in [9.17, 15) is 13.6 Å². The number of isocyanates is 1. The number of hydrogen-bond acceptors (Lipinski definition) is 2. The lowest BCUT2D eigenvalue weighted by molar-refractivity contribution is 0.151. The molecule has 0 N–H and O–H groups in total. The highest BCUT2D eigenvalue weighted by atomic mass is 19.3. The summed E-state index contributed by atoms with van der Waals surface area (Å²) in [5.41, 5.74) is 0.0677. The first-order chi connectivity index (χ1) is 8.18. The van der Waals surface area contributed by atoms with Gasteiger partial charge in [0.05, 0.1) is 5.54 Å². The van der Waals surface area contributed by atoms with Crippen molar-refractivity contribution in [2.24, 2.45) is 4.99 Å². The average molecular weight is 237 g/mol. The van der Waals surface area contributed by atoms with Crippen LogP contribution in [0.5, 0.6) is 0 Å². The van der Waals surface area contributed by atoms with E-state index in [1.165, 1.54) is 12.1 Å². The first-order valence-electron chi connectivity index (χ1n) is 5.65. The topological polar surface area (TPSA) is 29.4 Å².